The van der Waals surface area contributed by atoms with Gasteiger partial charge in [-0.2, -0.15) is 13.2 Å². The number of alkyl halides is 3. The molecule has 0 aromatic carbocycles. The average molecular weight is 236 g/mol. The monoisotopic (exact) mass is 235 g/mol. The minimum Gasteiger partial charge on any atom is -0.244 e. The van der Waals surface area contributed by atoms with Gasteiger partial charge in [-0.1, -0.05) is 11.6 Å². The molecule has 0 radical (unpaired) electrons. The molecule has 3 nitrogen and oxygen atoms in total. The first kappa shape index (κ1) is 10.4. The lowest BCUT2D eigenvalue weighted by Gasteiger charge is -2.14. The van der Waals surface area contributed by atoms with E-state index in [0.29, 0.717) is 5.56 Å². The molecule has 1 aliphatic heterocycles. The summed E-state index contributed by atoms with van der Waals surface area (Å²) in [6.45, 7) is 1.57. The fraction of sp³-hybridized carbons (Fsp3) is 0.375. The predicted octanol–water partition coefficient (Wildman–Crippen LogP) is 3.22. The highest BCUT2D eigenvalue weighted by Gasteiger charge is 2.65. The third-order valence-electron chi connectivity index (χ3n) is 2.11. The van der Waals surface area contributed by atoms with Gasteiger partial charge in [0.2, 0.25) is 0 Å². The maximum Gasteiger partial charge on any atom is 0.442 e. The Kier molecular flexibility index (Phi) is 2.01. The van der Waals surface area contributed by atoms with Crippen LogP contribution in [0.2, 0.25) is 5.15 Å². The van der Waals surface area contributed by atoms with Crippen LogP contribution in [0, 0.1) is 6.92 Å². The van der Waals surface area contributed by atoms with Crippen LogP contribution in [0.25, 0.3) is 0 Å². The lowest BCUT2D eigenvalue weighted by Crippen LogP contribution is -2.30. The molecule has 0 amide bonds. The molecule has 0 unspecified atom stereocenters. The lowest BCUT2D eigenvalue weighted by molar-refractivity contribution is -0.166. The minimum atomic E-state index is -4.52. The Bertz CT molecular complexity index is 435. The van der Waals surface area contributed by atoms with Crippen molar-refractivity contribution in [3.63, 3.8) is 0 Å². The first-order chi connectivity index (χ1) is 6.87. The number of nitrogens with zero attached hydrogens (tertiary/aromatic N) is 3. The van der Waals surface area contributed by atoms with E-state index < -0.39 is 11.8 Å². The van der Waals surface area contributed by atoms with Crippen LogP contribution in [-0.2, 0) is 5.66 Å². The molecule has 0 saturated carbocycles. The van der Waals surface area contributed by atoms with Crippen LogP contribution < -0.4 is 0 Å². The van der Waals surface area contributed by atoms with Crippen molar-refractivity contribution in [3.8, 4) is 0 Å². The van der Waals surface area contributed by atoms with Crippen LogP contribution >= 0.6 is 11.6 Å². The quantitative estimate of drug-likeness (QED) is 0.689. The van der Waals surface area contributed by atoms with Gasteiger partial charge in [0.25, 0.3) is 0 Å². The lowest BCUT2D eigenvalue weighted by atomic mass is 10.0. The van der Waals surface area contributed by atoms with Crippen LogP contribution in [0.4, 0.5) is 13.2 Å². The molecule has 0 atom stereocenters. The molecule has 0 fully saturated rings. The molecule has 0 N–H and O–H groups in total. The van der Waals surface area contributed by atoms with E-state index in [-0.39, 0.29) is 10.7 Å². The summed E-state index contributed by atoms with van der Waals surface area (Å²) in [5.74, 6) is 0. The highest BCUT2D eigenvalue weighted by atomic mass is 35.5. The van der Waals surface area contributed by atoms with Gasteiger partial charge < -0.3 is 0 Å². The Hall–Kier alpha value is -1.17. The summed E-state index contributed by atoms with van der Waals surface area (Å²) in [7, 11) is 0. The number of pyridine rings is 1. The van der Waals surface area contributed by atoms with Crippen molar-refractivity contribution < 1.29 is 13.2 Å². The van der Waals surface area contributed by atoms with Crippen molar-refractivity contribution in [1.82, 2.24) is 4.98 Å². The Labute approximate surface area is 88.0 Å². The second-order valence-corrected chi connectivity index (χ2v) is 3.56. The van der Waals surface area contributed by atoms with Gasteiger partial charge in [0.1, 0.15) is 5.15 Å². The van der Waals surface area contributed by atoms with Gasteiger partial charge in [0.15, 0.2) is 0 Å². The number of rotatable bonds is 1. The molecule has 7 heteroatoms. The molecule has 15 heavy (non-hydrogen) atoms. The third-order valence-corrected chi connectivity index (χ3v) is 2.51. The first-order valence-corrected chi connectivity index (χ1v) is 4.38. The Morgan fingerprint density at radius 1 is 1.33 bits per heavy atom. The number of aromatic nitrogens is 1. The van der Waals surface area contributed by atoms with Crippen LogP contribution in [0.5, 0.6) is 0 Å². The molecular formula is C8H5ClF3N3. The van der Waals surface area contributed by atoms with Gasteiger partial charge in [0.05, 0.1) is 0 Å². The molecule has 0 spiro atoms. The van der Waals surface area contributed by atoms with E-state index in [1.807, 2.05) is 0 Å². The zero-order valence-electron chi connectivity index (χ0n) is 7.51. The van der Waals surface area contributed by atoms with Gasteiger partial charge in [-0.25, -0.2) is 4.98 Å². The molecule has 0 saturated heterocycles. The average Bonchev–Trinajstić information content (AvgIpc) is 2.88. The van der Waals surface area contributed by atoms with E-state index in [0.717, 1.165) is 6.20 Å². The number of halogens is 4. The Balaban J connectivity index is 2.43. The summed E-state index contributed by atoms with van der Waals surface area (Å²) in [5.41, 5.74) is -2.04. The first-order valence-electron chi connectivity index (χ1n) is 4.00. The summed E-state index contributed by atoms with van der Waals surface area (Å²) in [4.78, 5) is 3.64. The van der Waals surface area contributed by atoms with Crippen LogP contribution in [0.3, 0.4) is 0 Å². The van der Waals surface area contributed by atoms with E-state index in [1.54, 1.807) is 6.92 Å². The number of hydrogen-bond donors (Lipinski definition) is 0. The summed E-state index contributed by atoms with van der Waals surface area (Å²) in [6, 6.07) is 1.29. The highest BCUT2D eigenvalue weighted by molar-refractivity contribution is 6.30. The van der Waals surface area contributed by atoms with E-state index >= 15 is 0 Å². The maximum absolute atomic E-state index is 12.6. The molecule has 1 aromatic heterocycles. The third kappa shape index (κ3) is 1.49. The summed E-state index contributed by atoms with van der Waals surface area (Å²) in [5, 5.41) is 6.30. The fourth-order valence-electron chi connectivity index (χ4n) is 1.19. The van der Waals surface area contributed by atoms with Gasteiger partial charge in [-0.3, -0.25) is 0 Å². The van der Waals surface area contributed by atoms with Crippen molar-refractivity contribution in [2.24, 2.45) is 10.2 Å². The molecule has 2 heterocycles. The second kappa shape index (κ2) is 2.91. The van der Waals surface area contributed by atoms with E-state index in [9.17, 15) is 13.2 Å². The fourth-order valence-corrected chi connectivity index (χ4v) is 1.29. The smallest absolute Gasteiger partial charge is 0.244 e. The largest absolute Gasteiger partial charge is 0.442 e. The van der Waals surface area contributed by atoms with E-state index in [2.05, 4.69) is 15.2 Å². The second-order valence-electron chi connectivity index (χ2n) is 3.20. The van der Waals surface area contributed by atoms with Crippen molar-refractivity contribution in [1.29, 1.82) is 0 Å². The van der Waals surface area contributed by atoms with Gasteiger partial charge in [-0.05, 0) is 18.6 Å². The van der Waals surface area contributed by atoms with Crippen molar-refractivity contribution in [2.75, 3.05) is 0 Å². The van der Waals surface area contributed by atoms with E-state index in [1.165, 1.54) is 6.07 Å². The summed E-state index contributed by atoms with van der Waals surface area (Å²) >= 11 is 5.61. The Morgan fingerprint density at radius 3 is 2.33 bits per heavy atom. The van der Waals surface area contributed by atoms with Crippen molar-refractivity contribution in [3.05, 3.63) is 28.5 Å². The molecular weight excluding hydrogens is 231 g/mol. The zero-order valence-corrected chi connectivity index (χ0v) is 8.26. The SMILES string of the molecule is Cc1cc(C2(C(F)(F)F)N=N2)cnc1Cl. The normalized spacial score (nSPS) is 17.9. The standard InChI is InChI=1S/C8H5ClF3N3/c1-4-2-5(3-13-6(4)9)7(14-15-7)8(10,11)12/h2-3H,1H3. The topological polar surface area (TPSA) is 37.6 Å². The number of hydrogen-bond acceptors (Lipinski definition) is 3. The zero-order chi connectivity index (χ0) is 11.3. The van der Waals surface area contributed by atoms with Crippen molar-refractivity contribution in [2.45, 2.75) is 18.8 Å². The molecule has 0 aliphatic carbocycles. The van der Waals surface area contributed by atoms with E-state index in [4.69, 9.17) is 11.6 Å². The molecule has 0 bridgehead atoms. The summed E-state index contributed by atoms with van der Waals surface area (Å²) < 4.78 is 37.7. The predicted molar refractivity (Wildman–Crippen MR) is 46.6 cm³/mol. The Morgan fingerprint density at radius 2 is 1.93 bits per heavy atom. The molecule has 1 aliphatic rings. The maximum atomic E-state index is 12.6. The summed E-state index contributed by atoms with van der Waals surface area (Å²) in [6.07, 6.45) is -3.47. The van der Waals surface area contributed by atoms with Crippen molar-refractivity contribution >= 4 is 11.6 Å². The van der Waals surface area contributed by atoms with Crippen LogP contribution in [-0.4, -0.2) is 11.2 Å². The van der Waals surface area contributed by atoms with Crippen LogP contribution in [0.15, 0.2) is 22.5 Å². The molecule has 1 aromatic rings. The van der Waals surface area contributed by atoms with Crippen LogP contribution in [0.1, 0.15) is 11.1 Å². The highest BCUT2D eigenvalue weighted by Crippen LogP contribution is 2.52. The van der Waals surface area contributed by atoms with Gasteiger partial charge in [-0.15, -0.1) is 10.2 Å². The van der Waals surface area contributed by atoms with Gasteiger partial charge in [0, 0.05) is 11.8 Å². The molecule has 80 valence electrons. The molecule has 2 rings (SSSR count). The number of aryl methyl sites for hydroxylation is 1. The minimum absolute atomic E-state index is 0.100. The van der Waals surface area contributed by atoms with Gasteiger partial charge >= 0.3 is 11.8 Å².